The van der Waals surface area contributed by atoms with Gasteiger partial charge in [0.1, 0.15) is 0 Å². The van der Waals surface area contributed by atoms with Crippen molar-refractivity contribution in [3.63, 3.8) is 0 Å². The Morgan fingerprint density at radius 3 is 1.22 bits per heavy atom. The third-order valence-electron chi connectivity index (χ3n) is 6.16. The SMILES string of the molecule is CC(C)CCCC(C)NC(=O)N(CCCCCCN(C(=N)N)C(=O)NC(C)CCCC(C)C)C(=N)N. The van der Waals surface area contributed by atoms with Crippen LogP contribution in [0.25, 0.3) is 0 Å². The third-order valence-corrected chi connectivity index (χ3v) is 6.16. The first-order valence-electron chi connectivity index (χ1n) is 13.7. The summed E-state index contributed by atoms with van der Waals surface area (Å²) in [4.78, 5) is 27.6. The number of guanidine groups is 2. The maximum atomic E-state index is 12.5. The smallest absolute Gasteiger partial charge is 0.324 e. The number of unbranched alkanes of at least 4 members (excludes halogenated alkanes) is 3. The molecule has 0 rings (SSSR count). The van der Waals surface area contributed by atoms with Crippen LogP contribution < -0.4 is 22.1 Å². The van der Waals surface area contributed by atoms with Crippen molar-refractivity contribution in [1.29, 1.82) is 10.8 Å². The Balaban J connectivity index is 4.37. The maximum absolute atomic E-state index is 12.5. The lowest BCUT2D eigenvalue weighted by Gasteiger charge is -2.24. The van der Waals surface area contributed by atoms with Gasteiger partial charge in [-0.25, -0.2) is 9.59 Å². The number of carbonyl (C=O) groups is 2. The Morgan fingerprint density at radius 2 is 0.944 bits per heavy atom. The minimum atomic E-state index is -0.332. The number of hydrogen-bond acceptors (Lipinski definition) is 4. The molecule has 0 saturated heterocycles. The molecule has 0 bridgehead atoms. The molecule has 0 aromatic carbocycles. The molecule has 0 heterocycles. The van der Waals surface area contributed by atoms with Gasteiger partial charge in [0, 0.05) is 25.2 Å². The molecule has 0 saturated carbocycles. The summed E-state index contributed by atoms with van der Waals surface area (Å²) in [5.74, 6) is 0.760. The quantitative estimate of drug-likeness (QED) is 0.0941. The summed E-state index contributed by atoms with van der Waals surface area (Å²) < 4.78 is 0. The van der Waals surface area contributed by atoms with Crippen molar-refractivity contribution in [1.82, 2.24) is 20.4 Å². The van der Waals surface area contributed by atoms with Gasteiger partial charge in [0.25, 0.3) is 0 Å². The van der Waals surface area contributed by atoms with Crippen molar-refractivity contribution >= 4 is 24.0 Å². The van der Waals surface area contributed by atoms with Crippen LogP contribution in [0.2, 0.25) is 0 Å². The van der Waals surface area contributed by atoms with Gasteiger partial charge in [-0.3, -0.25) is 20.6 Å². The molecule has 0 spiro atoms. The van der Waals surface area contributed by atoms with Crippen LogP contribution in [0.3, 0.4) is 0 Å². The standard InChI is InChI=1S/C26H54N8O2/c1-19(2)13-11-15-21(5)31-25(35)33(23(27)28)17-9-7-8-10-18-34(24(29)30)26(36)32-22(6)16-12-14-20(3)4/h19-22H,7-18H2,1-6H3,(H3,27,28)(H3,29,30)(H,31,35)(H,32,36). The van der Waals surface area contributed by atoms with E-state index in [2.05, 4.69) is 38.3 Å². The first kappa shape index (κ1) is 33.5. The van der Waals surface area contributed by atoms with Crippen LogP contribution in [0.5, 0.6) is 0 Å². The summed E-state index contributed by atoms with van der Waals surface area (Å²) in [6.07, 6.45) is 9.12. The molecule has 0 radical (unpaired) electrons. The van der Waals surface area contributed by atoms with Gasteiger partial charge in [-0.15, -0.1) is 0 Å². The molecular formula is C26H54N8O2. The van der Waals surface area contributed by atoms with Crippen LogP contribution in [0, 0.1) is 22.7 Å². The van der Waals surface area contributed by atoms with Crippen LogP contribution in [0.4, 0.5) is 9.59 Å². The molecular weight excluding hydrogens is 456 g/mol. The Kier molecular flexibility index (Phi) is 17.4. The van der Waals surface area contributed by atoms with E-state index in [1.54, 1.807) is 0 Å². The number of urea groups is 2. The molecule has 8 N–H and O–H groups in total. The van der Waals surface area contributed by atoms with Crippen LogP contribution in [-0.4, -0.2) is 59.0 Å². The van der Waals surface area contributed by atoms with E-state index in [4.69, 9.17) is 22.3 Å². The summed E-state index contributed by atoms with van der Waals surface area (Å²) >= 11 is 0. The van der Waals surface area contributed by atoms with Crippen molar-refractivity contribution in [2.45, 2.75) is 118 Å². The predicted molar refractivity (Wildman–Crippen MR) is 149 cm³/mol. The summed E-state index contributed by atoms with van der Waals surface area (Å²) in [6, 6.07) is -0.609. The summed E-state index contributed by atoms with van der Waals surface area (Å²) in [7, 11) is 0. The minimum Gasteiger partial charge on any atom is -0.370 e. The fraction of sp³-hybridized carbons (Fsp3) is 0.846. The predicted octanol–water partition coefficient (Wildman–Crippen LogP) is 4.79. The second kappa shape index (κ2) is 18.7. The number of rotatable bonds is 17. The Hall–Kier alpha value is -2.52. The normalized spacial score (nSPS) is 12.8. The molecule has 0 aliphatic rings. The molecule has 10 nitrogen and oxygen atoms in total. The van der Waals surface area contributed by atoms with E-state index in [0.29, 0.717) is 37.8 Å². The van der Waals surface area contributed by atoms with E-state index in [9.17, 15) is 9.59 Å². The molecule has 4 amide bonds. The third kappa shape index (κ3) is 16.2. The minimum absolute atomic E-state index is 0.0275. The summed E-state index contributed by atoms with van der Waals surface area (Å²) in [5, 5.41) is 21.4. The average molecular weight is 511 g/mol. The fourth-order valence-corrected chi connectivity index (χ4v) is 3.94. The van der Waals surface area contributed by atoms with Crippen molar-refractivity contribution in [2.75, 3.05) is 13.1 Å². The molecule has 210 valence electrons. The lowest BCUT2D eigenvalue weighted by Crippen LogP contribution is -2.49. The summed E-state index contributed by atoms with van der Waals surface area (Å²) in [5.41, 5.74) is 11.3. The van der Waals surface area contributed by atoms with Gasteiger partial charge in [0.15, 0.2) is 11.9 Å². The molecule has 0 fully saturated rings. The highest BCUT2D eigenvalue weighted by molar-refractivity contribution is 5.94. The van der Waals surface area contributed by atoms with Gasteiger partial charge in [0.05, 0.1) is 0 Å². The van der Waals surface area contributed by atoms with E-state index in [1.807, 2.05) is 13.8 Å². The number of carbonyl (C=O) groups excluding carboxylic acids is 2. The van der Waals surface area contributed by atoms with Gasteiger partial charge < -0.3 is 22.1 Å². The van der Waals surface area contributed by atoms with Crippen LogP contribution in [0.1, 0.15) is 106 Å². The van der Waals surface area contributed by atoms with E-state index in [1.165, 1.54) is 9.80 Å². The topological polar surface area (TPSA) is 164 Å². The number of nitrogens with zero attached hydrogens (tertiary/aromatic N) is 2. The van der Waals surface area contributed by atoms with Crippen molar-refractivity contribution < 1.29 is 9.59 Å². The number of nitrogens with one attached hydrogen (secondary N) is 4. The first-order valence-corrected chi connectivity index (χ1v) is 13.7. The Labute approximate surface area is 219 Å². The van der Waals surface area contributed by atoms with Crippen molar-refractivity contribution in [3.05, 3.63) is 0 Å². The maximum Gasteiger partial charge on any atom is 0.324 e. The average Bonchev–Trinajstić information content (AvgIpc) is 2.74. The molecule has 2 atom stereocenters. The highest BCUT2D eigenvalue weighted by atomic mass is 16.2. The van der Waals surface area contributed by atoms with Crippen molar-refractivity contribution in [2.24, 2.45) is 23.3 Å². The largest absolute Gasteiger partial charge is 0.370 e. The molecule has 36 heavy (non-hydrogen) atoms. The second-order valence-electron chi connectivity index (χ2n) is 10.8. The molecule has 2 unspecified atom stereocenters. The second-order valence-corrected chi connectivity index (χ2v) is 10.8. The lowest BCUT2D eigenvalue weighted by atomic mass is 10.0. The van der Waals surface area contributed by atoms with E-state index < -0.39 is 0 Å². The zero-order valence-electron chi connectivity index (χ0n) is 23.7. The lowest BCUT2D eigenvalue weighted by molar-refractivity contribution is 0.212. The Bertz CT molecular complexity index is 612. The zero-order chi connectivity index (χ0) is 27.7. The highest BCUT2D eigenvalue weighted by Gasteiger charge is 2.19. The van der Waals surface area contributed by atoms with E-state index in [-0.39, 0.29) is 36.1 Å². The number of nitrogens with two attached hydrogens (primary N) is 2. The molecule has 0 aromatic rings. The molecule has 0 aromatic heterocycles. The van der Waals surface area contributed by atoms with Gasteiger partial charge in [-0.1, -0.05) is 66.2 Å². The van der Waals surface area contributed by atoms with E-state index >= 15 is 0 Å². The van der Waals surface area contributed by atoms with Crippen molar-refractivity contribution in [3.8, 4) is 0 Å². The Morgan fingerprint density at radius 1 is 0.611 bits per heavy atom. The first-order chi connectivity index (χ1) is 16.8. The van der Waals surface area contributed by atoms with Gasteiger partial charge in [-0.05, 0) is 51.4 Å². The number of amides is 4. The molecule has 10 heteroatoms. The van der Waals surface area contributed by atoms with Gasteiger partial charge in [-0.2, -0.15) is 0 Å². The van der Waals surface area contributed by atoms with Gasteiger partial charge in [0.2, 0.25) is 0 Å². The molecule has 0 aliphatic heterocycles. The number of hydrogen-bond donors (Lipinski definition) is 6. The molecule has 0 aliphatic carbocycles. The van der Waals surface area contributed by atoms with Crippen LogP contribution >= 0.6 is 0 Å². The van der Waals surface area contributed by atoms with Crippen LogP contribution in [0.15, 0.2) is 0 Å². The highest BCUT2D eigenvalue weighted by Crippen LogP contribution is 2.10. The van der Waals surface area contributed by atoms with E-state index in [0.717, 1.165) is 51.4 Å². The van der Waals surface area contributed by atoms with Gasteiger partial charge >= 0.3 is 12.1 Å². The van der Waals surface area contributed by atoms with Crippen LogP contribution in [-0.2, 0) is 0 Å². The summed E-state index contributed by atoms with van der Waals surface area (Å²) in [6.45, 7) is 13.4. The zero-order valence-corrected chi connectivity index (χ0v) is 23.7. The fourth-order valence-electron chi connectivity index (χ4n) is 3.94. The monoisotopic (exact) mass is 510 g/mol.